The largest absolute Gasteiger partial charge is 0.345 e. The van der Waals surface area contributed by atoms with E-state index in [2.05, 4.69) is 35.8 Å². The SMILES string of the molecule is Cc1cnc(C(C)n2cccc2)s1. The van der Waals surface area contributed by atoms with Crippen molar-refractivity contribution in [2.45, 2.75) is 19.9 Å². The van der Waals surface area contributed by atoms with Gasteiger partial charge in [-0.15, -0.1) is 11.3 Å². The molecular formula is C10H12N2S. The van der Waals surface area contributed by atoms with E-state index in [9.17, 15) is 0 Å². The van der Waals surface area contributed by atoms with E-state index in [4.69, 9.17) is 0 Å². The highest BCUT2D eigenvalue weighted by Crippen LogP contribution is 2.22. The van der Waals surface area contributed by atoms with E-state index in [1.807, 2.05) is 18.3 Å². The first-order chi connectivity index (χ1) is 6.27. The Labute approximate surface area is 81.9 Å². The molecule has 0 fully saturated rings. The van der Waals surface area contributed by atoms with Crippen LogP contribution in [0.1, 0.15) is 22.9 Å². The molecule has 1 atom stereocenters. The minimum absolute atomic E-state index is 0.355. The van der Waals surface area contributed by atoms with Crippen molar-refractivity contribution in [1.82, 2.24) is 9.55 Å². The summed E-state index contributed by atoms with van der Waals surface area (Å²) in [7, 11) is 0. The fourth-order valence-corrected chi connectivity index (χ4v) is 2.13. The lowest BCUT2D eigenvalue weighted by Gasteiger charge is -2.09. The summed E-state index contributed by atoms with van der Waals surface area (Å²) in [5.41, 5.74) is 0. The minimum Gasteiger partial charge on any atom is -0.345 e. The normalized spacial score (nSPS) is 13.1. The average Bonchev–Trinajstić information content (AvgIpc) is 2.72. The Morgan fingerprint density at radius 1 is 1.38 bits per heavy atom. The third-order valence-corrected chi connectivity index (χ3v) is 3.15. The van der Waals surface area contributed by atoms with Crippen LogP contribution in [0.2, 0.25) is 0 Å². The van der Waals surface area contributed by atoms with E-state index in [-0.39, 0.29) is 0 Å². The van der Waals surface area contributed by atoms with E-state index in [0.717, 1.165) is 0 Å². The number of thiazole rings is 1. The number of hydrogen-bond acceptors (Lipinski definition) is 2. The van der Waals surface area contributed by atoms with Crippen LogP contribution >= 0.6 is 11.3 Å². The lowest BCUT2D eigenvalue weighted by molar-refractivity contribution is 0.639. The molecule has 0 radical (unpaired) electrons. The molecule has 68 valence electrons. The van der Waals surface area contributed by atoms with Crippen LogP contribution in [-0.4, -0.2) is 9.55 Å². The van der Waals surface area contributed by atoms with E-state index < -0.39 is 0 Å². The van der Waals surface area contributed by atoms with Crippen molar-refractivity contribution in [3.05, 3.63) is 40.6 Å². The first-order valence-electron chi connectivity index (χ1n) is 4.32. The maximum Gasteiger partial charge on any atom is 0.115 e. The summed E-state index contributed by atoms with van der Waals surface area (Å²) < 4.78 is 2.16. The van der Waals surface area contributed by atoms with Gasteiger partial charge >= 0.3 is 0 Å². The standard InChI is InChI=1S/C10H12N2S/c1-8-7-11-10(13-8)9(2)12-5-3-4-6-12/h3-7,9H,1-2H3. The third-order valence-electron chi connectivity index (χ3n) is 2.07. The van der Waals surface area contributed by atoms with Crippen LogP contribution in [0, 0.1) is 6.92 Å². The molecule has 0 aliphatic rings. The van der Waals surface area contributed by atoms with Crippen molar-refractivity contribution in [1.29, 1.82) is 0 Å². The highest BCUT2D eigenvalue weighted by atomic mass is 32.1. The van der Waals surface area contributed by atoms with Crippen LogP contribution in [0.15, 0.2) is 30.7 Å². The van der Waals surface area contributed by atoms with E-state index >= 15 is 0 Å². The first-order valence-corrected chi connectivity index (χ1v) is 5.14. The topological polar surface area (TPSA) is 17.8 Å². The molecule has 0 aliphatic heterocycles. The third kappa shape index (κ3) is 1.65. The van der Waals surface area contributed by atoms with Gasteiger partial charge in [0.25, 0.3) is 0 Å². The lowest BCUT2D eigenvalue weighted by atomic mass is 10.3. The van der Waals surface area contributed by atoms with Gasteiger partial charge in [-0.1, -0.05) is 0 Å². The number of rotatable bonds is 2. The molecule has 1 unspecified atom stereocenters. The molecule has 0 amide bonds. The molecule has 0 aliphatic carbocycles. The summed E-state index contributed by atoms with van der Waals surface area (Å²) in [6.07, 6.45) is 6.07. The smallest absolute Gasteiger partial charge is 0.115 e. The zero-order valence-corrected chi connectivity index (χ0v) is 8.58. The average molecular weight is 192 g/mol. The maximum atomic E-state index is 4.37. The molecule has 0 N–H and O–H groups in total. The van der Waals surface area contributed by atoms with Gasteiger partial charge in [0.1, 0.15) is 5.01 Å². The summed E-state index contributed by atoms with van der Waals surface area (Å²) in [6, 6.07) is 4.43. The molecule has 2 aromatic heterocycles. The van der Waals surface area contributed by atoms with Gasteiger partial charge in [0.05, 0.1) is 6.04 Å². The van der Waals surface area contributed by atoms with Crippen molar-refractivity contribution >= 4 is 11.3 Å². The molecule has 0 saturated carbocycles. The zero-order valence-electron chi connectivity index (χ0n) is 7.77. The summed E-state index contributed by atoms with van der Waals surface area (Å²) in [5.74, 6) is 0. The number of nitrogens with zero attached hydrogens (tertiary/aromatic N) is 2. The van der Waals surface area contributed by atoms with Gasteiger partial charge < -0.3 is 4.57 Å². The number of aryl methyl sites for hydroxylation is 1. The summed E-state index contributed by atoms with van der Waals surface area (Å²) >= 11 is 1.76. The van der Waals surface area contributed by atoms with E-state index in [1.54, 1.807) is 11.3 Å². The molecule has 2 rings (SSSR count). The molecule has 0 bridgehead atoms. The second-order valence-electron chi connectivity index (χ2n) is 3.12. The Balaban J connectivity index is 2.28. The Morgan fingerprint density at radius 2 is 2.08 bits per heavy atom. The van der Waals surface area contributed by atoms with Gasteiger partial charge in [-0.25, -0.2) is 4.98 Å². The molecular weight excluding hydrogens is 180 g/mol. The van der Waals surface area contributed by atoms with Crippen molar-refractivity contribution in [3.8, 4) is 0 Å². The summed E-state index contributed by atoms with van der Waals surface area (Å²) in [4.78, 5) is 5.64. The fraction of sp³-hybridized carbons (Fsp3) is 0.300. The van der Waals surface area contributed by atoms with Crippen molar-refractivity contribution in [2.75, 3.05) is 0 Å². The van der Waals surface area contributed by atoms with Gasteiger partial charge in [0.15, 0.2) is 0 Å². The maximum absolute atomic E-state index is 4.37. The van der Waals surface area contributed by atoms with Gasteiger partial charge in [0.2, 0.25) is 0 Å². The monoisotopic (exact) mass is 192 g/mol. The van der Waals surface area contributed by atoms with Crippen LogP contribution in [-0.2, 0) is 0 Å². The molecule has 2 heterocycles. The van der Waals surface area contributed by atoms with Crippen LogP contribution in [0.4, 0.5) is 0 Å². The number of hydrogen-bond donors (Lipinski definition) is 0. The molecule has 2 aromatic rings. The molecule has 0 saturated heterocycles. The predicted octanol–water partition coefficient (Wildman–Crippen LogP) is 2.86. The van der Waals surface area contributed by atoms with Gasteiger partial charge in [0, 0.05) is 23.5 Å². The summed E-state index contributed by atoms with van der Waals surface area (Å²) in [5, 5.41) is 1.17. The number of aromatic nitrogens is 2. The molecule has 0 aromatic carbocycles. The lowest BCUT2D eigenvalue weighted by Crippen LogP contribution is -2.02. The molecule has 3 heteroatoms. The van der Waals surface area contributed by atoms with Crippen LogP contribution in [0.3, 0.4) is 0 Å². The Bertz CT molecular complexity index is 375. The van der Waals surface area contributed by atoms with Gasteiger partial charge in [-0.3, -0.25) is 0 Å². The Morgan fingerprint density at radius 3 is 2.62 bits per heavy atom. The van der Waals surface area contributed by atoms with Gasteiger partial charge in [-0.05, 0) is 26.0 Å². The fourth-order valence-electron chi connectivity index (χ4n) is 1.30. The molecule has 0 spiro atoms. The van der Waals surface area contributed by atoms with Crippen LogP contribution < -0.4 is 0 Å². The van der Waals surface area contributed by atoms with Crippen LogP contribution in [0.25, 0.3) is 0 Å². The van der Waals surface area contributed by atoms with E-state index in [1.165, 1.54) is 9.88 Å². The predicted molar refractivity (Wildman–Crippen MR) is 55.1 cm³/mol. The molecule has 13 heavy (non-hydrogen) atoms. The van der Waals surface area contributed by atoms with Gasteiger partial charge in [-0.2, -0.15) is 0 Å². The highest BCUT2D eigenvalue weighted by Gasteiger charge is 2.09. The first kappa shape index (κ1) is 8.51. The van der Waals surface area contributed by atoms with Crippen molar-refractivity contribution in [3.63, 3.8) is 0 Å². The summed E-state index contributed by atoms with van der Waals surface area (Å²) in [6.45, 7) is 4.25. The Hall–Kier alpha value is -1.09. The zero-order chi connectivity index (χ0) is 9.26. The Kier molecular flexibility index (Phi) is 2.19. The second-order valence-corrected chi connectivity index (χ2v) is 4.38. The quantitative estimate of drug-likeness (QED) is 0.715. The van der Waals surface area contributed by atoms with Crippen LogP contribution in [0.5, 0.6) is 0 Å². The molecule has 2 nitrogen and oxygen atoms in total. The minimum atomic E-state index is 0.355. The van der Waals surface area contributed by atoms with E-state index in [0.29, 0.717) is 6.04 Å². The highest BCUT2D eigenvalue weighted by molar-refractivity contribution is 7.11. The second kappa shape index (κ2) is 3.34. The van der Waals surface area contributed by atoms with Crippen molar-refractivity contribution in [2.24, 2.45) is 0 Å². The van der Waals surface area contributed by atoms with Crippen molar-refractivity contribution < 1.29 is 0 Å².